The van der Waals surface area contributed by atoms with Gasteiger partial charge in [0.25, 0.3) is 0 Å². The van der Waals surface area contributed by atoms with E-state index in [0.29, 0.717) is 12.0 Å². The maximum absolute atomic E-state index is 11.6. The summed E-state index contributed by atoms with van der Waals surface area (Å²) < 4.78 is 4.39. The van der Waals surface area contributed by atoms with Crippen molar-refractivity contribution >= 4 is 5.97 Å². The highest BCUT2D eigenvalue weighted by Gasteiger charge is 2.17. The number of hydrogen-bond acceptors (Lipinski definition) is 4. The van der Waals surface area contributed by atoms with Crippen molar-refractivity contribution in [3.05, 3.63) is 59.2 Å². The van der Waals surface area contributed by atoms with Crippen LogP contribution in [0, 0.1) is 12.5 Å². The summed E-state index contributed by atoms with van der Waals surface area (Å²) in [4.78, 5) is 11.6. The second-order valence-corrected chi connectivity index (χ2v) is 4.17. The fourth-order valence-corrected chi connectivity index (χ4v) is 1.89. The maximum Gasteiger partial charge on any atom is 0.355 e. The van der Waals surface area contributed by atoms with Gasteiger partial charge in [0.15, 0.2) is 0 Å². The number of hydrogen-bond donors (Lipinski definition) is 2. The second kappa shape index (κ2) is 5.81. The van der Waals surface area contributed by atoms with Gasteiger partial charge in [0, 0.05) is 12.0 Å². The Balaban J connectivity index is 2.39. The number of phenols is 2. The van der Waals surface area contributed by atoms with Crippen molar-refractivity contribution in [1.29, 1.82) is 0 Å². The minimum absolute atomic E-state index is 0.141. The van der Waals surface area contributed by atoms with Gasteiger partial charge < -0.3 is 14.9 Å². The molecule has 0 aliphatic rings. The number of phenolic OH excluding ortho intramolecular Hbond substituents is 2. The monoisotopic (exact) mass is 268 g/mol. The molecule has 0 aliphatic heterocycles. The lowest BCUT2D eigenvalue weighted by Crippen LogP contribution is -2.03. The Kier molecular flexibility index (Phi) is 3.92. The molecule has 0 heterocycles. The van der Waals surface area contributed by atoms with Crippen molar-refractivity contribution < 1.29 is 19.7 Å². The molecule has 0 saturated heterocycles. The van der Waals surface area contributed by atoms with Crippen LogP contribution in [0.4, 0.5) is 0 Å². The summed E-state index contributed by atoms with van der Waals surface area (Å²) in [6.45, 7) is 0. The van der Waals surface area contributed by atoms with Gasteiger partial charge in [-0.05, 0) is 17.7 Å². The number of carbonyl (C=O) groups excluding carboxylic acids is 1. The van der Waals surface area contributed by atoms with Gasteiger partial charge in [0.05, 0.1) is 0 Å². The Morgan fingerprint density at radius 2 is 1.90 bits per heavy atom. The summed E-state index contributed by atoms with van der Waals surface area (Å²) in [7, 11) is 0. The number of ether oxygens (including phenoxy) is 1. The Labute approximate surface area is 116 Å². The van der Waals surface area contributed by atoms with Crippen molar-refractivity contribution in [3.8, 4) is 24.0 Å². The van der Waals surface area contributed by atoms with Crippen LogP contribution in [0.15, 0.2) is 42.5 Å². The smallest absolute Gasteiger partial charge is 0.355 e. The van der Waals surface area contributed by atoms with Gasteiger partial charge in [-0.25, -0.2) is 4.79 Å². The van der Waals surface area contributed by atoms with Crippen LogP contribution in [0.5, 0.6) is 11.5 Å². The first-order valence-corrected chi connectivity index (χ1v) is 5.87. The lowest BCUT2D eigenvalue weighted by molar-refractivity contribution is 0.0687. The fraction of sp³-hybridized carbons (Fsp3) is 0.0625. The molecule has 0 aromatic heterocycles. The van der Waals surface area contributed by atoms with Gasteiger partial charge >= 0.3 is 5.97 Å². The molecule has 0 atom stereocenters. The summed E-state index contributed by atoms with van der Waals surface area (Å²) in [6.07, 6.45) is 6.99. The second-order valence-electron chi connectivity index (χ2n) is 4.17. The van der Waals surface area contributed by atoms with Crippen LogP contribution in [0.1, 0.15) is 21.5 Å². The number of rotatable bonds is 3. The van der Waals surface area contributed by atoms with Crippen LogP contribution in [0.2, 0.25) is 0 Å². The van der Waals surface area contributed by atoms with E-state index in [9.17, 15) is 15.0 Å². The standard InChI is InChI=1S/C16H12O4/c1-2-20-16(19)14-10-13(17)9-12(15(14)18)8-11-6-4-3-5-7-11/h1,3-7,9-10,17-18H,8H2. The predicted molar refractivity (Wildman–Crippen MR) is 73.3 cm³/mol. The van der Waals surface area contributed by atoms with E-state index in [-0.39, 0.29) is 17.1 Å². The molecule has 0 unspecified atom stereocenters. The summed E-state index contributed by atoms with van der Waals surface area (Å²) >= 11 is 0. The lowest BCUT2D eigenvalue weighted by Gasteiger charge is -2.09. The lowest BCUT2D eigenvalue weighted by atomic mass is 10.0. The molecule has 0 bridgehead atoms. The van der Waals surface area contributed by atoms with Crippen molar-refractivity contribution in [2.24, 2.45) is 0 Å². The maximum atomic E-state index is 11.6. The van der Waals surface area contributed by atoms with E-state index in [2.05, 4.69) is 4.74 Å². The molecule has 2 aromatic carbocycles. The van der Waals surface area contributed by atoms with E-state index in [0.717, 1.165) is 11.6 Å². The van der Waals surface area contributed by atoms with Crippen LogP contribution in [0.25, 0.3) is 0 Å². The van der Waals surface area contributed by atoms with Gasteiger partial charge in [-0.3, -0.25) is 0 Å². The highest BCUT2D eigenvalue weighted by molar-refractivity contribution is 5.94. The third-order valence-corrected chi connectivity index (χ3v) is 2.78. The highest BCUT2D eigenvalue weighted by Crippen LogP contribution is 2.30. The third-order valence-electron chi connectivity index (χ3n) is 2.78. The minimum Gasteiger partial charge on any atom is -0.508 e. The molecule has 2 rings (SSSR count). The highest BCUT2D eigenvalue weighted by atomic mass is 16.5. The molecule has 20 heavy (non-hydrogen) atoms. The normalized spacial score (nSPS) is 9.75. The summed E-state index contributed by atoms with van der Waals surface area (Å²) in [5, 5.41) is 19.7. The largest absolute Gasteiger partial charge is 0.508 e. The Morgan fingerprint density at radius 3 is 2.55 bits per heavy atom. The van der Waals surface area contributed by atoms with Gasteiger partial charge in [-0.15, -0.1) is 0 Å². The quantitative estimate of drug-likeness (QED) is 0.509. The molecular weight excluding hydrogens is 256 g/mol. The van der Waals surface area contributed by atoms with Gasteiger partial charge in [-0.1, -0.05) is 36.8 Å². The average Bonchev–Trinajstić information content (AvgIpc) is 2.44. The molecule has 0 fully saturated rings. The first-order valence-electron chi connectivity index (χ1n) is 5.87. The van der Waals surface area contributed by atoms with Crippen molar-refractivity contribution in [1.82, 2.24) is 0 Å². The van der Waals surface area contributed by atoms with Crippen LogP contribution < -0.4 is 0 Å². The van der Waals surface area contributed by atoms with E-state index >= 15 is 0 Å². The molecular formula is C16H12O4. The zero-order chi connectivity index (χ0) is 14.5. The molecule has 2 N–H and O–H groups in total. The predicted octanol–water partition coefficient (Wildman–Crippen LogP) is 2.44. The third kappa shape index (κ3) is 2.90. The number of benzene rings is 2. The molecule has 2 aromatic rings. The zero-order valence-corrected chi connectivity index (χ0v) is 10.5. The van der Waals surface area contributed by atoms with E-state index in [4.69, 9.17) is 6.42 Å². The van der Waals surface area contributed by atoms with Crippen LogP contribution in [0.3, 0.4) is 0 Å². The molecule has 0 radical (unpaired) electrons. The Morgan fingerprint density at radius 1 is 1.20 bits per heavy atom. The van der Waals surface area contributed by atoms with Crippen molar-refractivity contribution in [3.63, 3.8) is 0 Å². The Bertz CT molecular complexity index is 669. The number of aromatic hydroxyl groups is 2. The van der Waals surface area contributed by atoms with Crippen LogP contribution >= 0.6 is 0 Å². The summed E-state index contributed by atoms with van der Waals surface area (Å²) in [5.74, 6) is -1.26. The van der Waals surface area contributed by atoms with E-state index in [1.165, 1.54) is 6.07 Å². The van der Waals surface area contributed by atoms with Gasteiger partial charge in [0.1, 0.15) is 23.2 Å². The number of esters is 1. The average molecular weight is 268 g/mol. The topological polar surface area (TPSA) is 66.8 Å². The SMILES string of the molecule is C#COC(=O)c1cc(O)cc(Cc2ccccc2)c1O. The van der Waals surface area contributed by atoms with E-state index < -0.39 is 5.97 Å². The van der Waals surface area contributed by atoms with Crippen LogP contribution in [-0.4, -0.2) is 16.2 Å². The molecule has 100 valence electrons. The summed E-state index contributed by atoms with van der Waals surface area (Å²) in [6, 6.07) is 11.9. The number of carbonyl (C=O) groups is 1. The molecule has 0 spiro atoms. The van der Waals surface area contributed by atoms with Gasteiger partial charge in [0.2, 0.25) is 0 Å². The molecule has 0 saturated carbocycles. The van der Waals surface area contributed by atoms with Crippen molar-refractivity contribution in [2.45, 2.75) is 6.42 Å². The van der Waals surface area contributed by atoms with Crippen molar-refractivity contribution in [2.75, 3.05) is 0 Å². The van der Waals surface area contributed by atoms with E-state index in [1.54, 1.807) is 6.11 Å². The number of terminal acetylenes is 1. The fourth-order valence-electron chi connectivity index (χ4n) is 1.89. The Hall–Kier alpha value is -2.93. The minimum atomic E-state index is -0.879. The first kappa shape index (κ1) is 13.5. The molecule has 4 heteroatoms. The zero-order valence-electron chi connectivity index (χ0n) is 10.5. The summed E-state index contributed by atoms with van der Waals surface area (Å²) in [5.41, 5.74) is 1.19. The van der Waals surface area contributed by atoms with Crippen LogP contribution in [-0.2, 0) is 11.2 Å². The van der Waals surface area contributed by atoms with E-state index in [1.807, 2.05) is 30.3 Å². The molecule has 0 aliphatic carbocycles. The van der Waals surface area contributed by atoms with Gasteiger partial charge in [-0.2, -0.15) is 0 Å². The first-order chi connectivity index (χ1) is 9.61. The molecule has 4 nitrogen and oxygen atoms in total. The molecule has 0 amide bonds.